The molecule has 0 unspecified atom stereocenters. The van der Waals surface area contributed by atoms with Gasteiger partial charge in [0, 0.05) is 30.2 Å². The van der Waals surface area contributed by atoms with E-state index in [0.717, 1.165) is 27.2 Å². The lowest BCUT2D eigenvalue weighted by Gasteiger charge is -2.40. The lowest BCUT2D eigenvalue weighted by atomic mass is 10.1. The van der Waals surface area contributed by atoms with Crippen molar-refractivity contribution in [2.24, 2.45) is 0 Å². The number of aromatic nitrogens is 1. The number of carbonyl (C=O) groups is 1. The highest BCUT2D eigenvalue weighted by Gasteiger charge is 2.31. The summed E-state index contributed by atoms with van der Waals surface area (Å²) >= 11 is 1.29. The molecule has 0 bridgehead atoms. The number of amides is 1. The Morgan fingerprint density at radius 1 is 1.06 bits per heavy atom. The topological polar surface area (TPSA) is 66.5 Å². The van der Waals surface area contributed by atoms with Gasteiger partial charge < -0.3 is 19.7 Å². The number of fused-ring (bicyclic) bond motifs is 1. The zero-order valence-electron chi connectivity index (χ0n) is 18.5. The SMILES string of the molecule is COc1ccccc1NC1CN(C(=O)c2ccc(NSc3cccc4cccnc34)c(F)c2)C1. The molecule has 0 saturated carbocycles. The molecule has 6 nitrogen and oxygen atoms in total. The number of likely N-dealkylation sites (tertiary alicyclic amines) is 1. The maximum absolute atomic E-state index is 14.8. The van der Waals surface area contributed by atoms with Crippen molar-refractivity contribution in [1.82, 2.24) is 9.88 Å². The minimum Gasteiger partial charge on any atom is -0.495 e. The Labute approximate surface area is 201 Å². The van der Waals surface area contributed by atoms with Crippen LogP contribution in [0.2, 0.25) is 0 Å². The Morgan fingerprint density at radius 2 is 1.88 bits per heavy atom. The summed E-state index contributed by atoms with van der Waals surface area (Å²) in [6.07, 6.45) is 1.74. The maximum atomic E-state index is 14.8. The summed E-state index contributed by atoms with van der Waals surface area (Å²) in [6, 6.07) is 22.0. The van der Waals surface area contributed by atoms with E-state index in [1.165, 1.54) is 18.0 Å². The fourth-order valence-corrected chi connectivity index (χ4v) is 4.70. The zero-order valence-corrected chi connectivity index (χ0v) is 19.3. The van der Waals surface area contributed by atoms with E-state index in [2.05, 4.69) is 15.0 Å². The Balaban J connectivity index is 1.20. The van der Waals surface area contributed by atoms with Crippen molar-refractivity contribution < 1.29 is 13.9 Å². The van der Waals surface area contributed by atoms with Crippen LogP contribution in [0.15, 0.2) is 83.9 Å². The van der Waals surface area contributed by atoms with Crippen LogP contribution in [0.25, 0.3) is 10.9 Å². The second-order valence-corrected chi connectivity index (χ2v) is 8.83. The number of nitrogens with zero attached hydrogens (tertiary/aromatic N) is 2. The predicted molar refractivity (Wildman–Crippen MR) is 134 cm³/mol. The van der Waals surface area contributed by atoms with Crippen LogP contribution >= 0.6 is 11.9 Å². The second-order valence-electron chi connectivity index (χ2n) is 7.98. The van der Waals surface area contributed by atoms with Crippen LogP contribution in [0.5, 0.6) is 5.75 Å². The average Bonchev–Trinajstić information content (AvgIpc) is 2.85. The second kappa shape index (κ2) is 9.61. The highest BCUT2D eigenvalue weighted by molar-refractivity contribution is 8.00. The van der Waals surface area contributed by atoms with Gasteiger partial charge in [0.1, 0.15) is 11.6 Å². The summed E-state index contributed by atoms with van der Waals surface area (Å²) in [7, 11) is 1.63. The number of rotatable bonds is 7. The summed E-state index contributed by atoms with van der Waals surface area (Å²) in [6.45, 7) is 1.09. The first-order chi connectivity index (χ1) is 16.6. The molecule has 1 aliphatic heterocycles. The van der Waals surface area contributed by atoms with E-state index in [1.54, 1.807) is 30.3 Å². The lowest BCUT2D eigenvalue weighted by molar-refractivity contribution is 0.0624. The number of benzene rings is 3. The molecule has 1 amide bonds. The lowest BCUT2D eigenvalue weighted by Crippen LogP contribution is -2.57. The third kappa shape index (κ3) is 4.49. The number of methoxy groups -OCH3 is 1. The molecule has 0 radical (unpaired) electrons. The molecule has 8 heteroatoms. The van der Waals surface area contributed by atoms with Crippen LogP contribution in [-0.4, -0.2) is 42.0 Å². The molecule has 1 aromatic heterocycles. The summed E-state index contributed by atoms with van der Waals surface area (Å²) in [5.41, 5.74) is 2.38. The van der Waals surface area contributed by atoms with Crippen molar-refractivity contribution in [3.05, 3.63) is 90.4 Å². The highest BCUT2D eigenvalue weighted by atomic mass is 32.2. The van der Waals surface area contributed by atoms with E-state index in [-0.39, 0.29) is 11.9 Å². The fraction of sp³-hybridized carbons (Fsp3) is 0.154. The summed E-state index contributed by atoms with van der Waals surface area (Å²) in [4.78, 5) is 19.8. The maximum Gasteiger partial charge on any atom is 0.254 e. The molecule has 1 saturated heterocycles. The van der Waals surface area contributed by atoms with Crippen LogP contribution < -0.4 is 14.8 Å². The summed E-state index contributed by atoms with van der Waals surface area (Å²) < 4.78 is 23.2. The van der Waals surface area contributed by atoms with Crippen molar-refractivity contribution in [1.29, 1.82) is 0 Å². The van der Waals surface area contributed by atoms with E-state index in [4.69, 9.17) is 4.74 Å². The van der Waals surface area contributed by atoms with Crippen molar-refractivity contribution in [2.75, 3.05) is 30.2 Å². The Bertz CT molecular complexity index is 1340. The van der Waals surface area contributed by atoms with Gasteiger partial charge in [-0.15, -0.1) is 0 Å². The van der Waals surface area contributed by atoms with E-state index in [1.807, 2.05) is 54.6 Å². The molecule has 172 valence electrons. The number of hydrogen-bond acceptors (Lipinski definition) is 6. The van der Waals surface area contributed by atoms with E-state index in [0.29, 0.717) is 24.3 Å². The van der Waals surface area contributed by atoms with Gasteiger partial charge in [-0.2, -0.15) is 0 Å². The van der Waals surface area contributed by atoms with Crippen LogP contribution in [-0.2, 0) is 0 Å². The molecule has 0 atom stereocenters. The molecule has 34 heavy (non-hydrogen) atoms. The number of ether oxygens (including phenoxy) is 1. The molecule has 5 rings (SSSR count). The molecule has 4 aromatic rings. The molecule has 1 aliphatic rings. The summed E-state index contributed by atoms with van der Waals surface area (Å²) in [5.74, 6) is 0.0970. The van der Waals surface area contributed by atoms with E-state index < -0.39 is 5.82 Å². The minimum atomic E-state index is -0.476. The monoisotopic (exact) mass is 474 g/mol. The quantitative estimate of drug-likeness (QED) is 0.348. The van der Waals surface area contributed by atoms with Crippen molar-refractivity contribution in [3.8, 4) is 5.75 Å². The van der Waals surface area contributed by atoms with Crippen LogP contribution in [0.1, 0.15) is 10.4 Å². The fourth-order valence-electron chi connectivity index (χ4n) is 3.90. The number of carbonyl (C=O) groups excluding carboxylic acids is 1. The molecule has 0 spiro atoms. The van der Waals surface area contributed by atoms with Crippen molar-refractivity contribution in [3.63, 3.8) is 0 Å². The van der Waals surface area contributed by atoms with Gasteiger partial charge in [0.15, 0.2) is 0 Å². The van der Waals surface area contributed by atoms with Gasteiger partial charge in [0.25, 0.3) is 5.91 Å². The first-order valence-electron chi connectivity index (χ1n) is 10.9. The van der Waals surface area contributed by atoms with Crippen molar-refractivity contribution >= 4 is 40.1 Å². The third-order valence-corrected chi connectivity index (χ3v) is 6.59. The zero-order chi connectivity index (χ0) is 23.5. The molecule has 2 heterocycles. The molecular formula is C26H23FN4O2S. The van der Waals surface area contributed by atoms with Crippen LogP contribution in [0, 0.1) is 5.82 Å². The standard InChI is InChI=1S/C26H23FN4O2S/c1-33-23-9-3-2-8-22(23)29-19-15-31(16-19)26(32)18-11-12-21(20(27)14-18)30-34-24-10-4-6-17-7-5-13-28-25(17)24/h2-14,19,29-30H,15-16H2,1H3. The van der Waals surface area contributed by atoms with Gasteiger partial charge in [0.05, 0.1) is 34.9 Å². The predicted octanol–water partition coefficient (Wildman–Crippen LogP) is 5.44. The Kier molecular flexibility index (Phi) is 6.22. The first-order valence-corrected chi connectivity index (χ1v) is 11.7. The number of halogens is 1. The van der Waals surface area contributed by atoms with Gasteiger partial charge in [-0.1, -0.05) is 30.3 Å². The van der Waals surface area contributed by atoms with E-state index >= 15 is 0 Å². The van der Waals surface area contributed by atoms with E-state index in [9.17, 15) is 9.18 Å². The Morgan fingerprint density at radius 3 is 2.71 bits per heavy atom. The number of para-hydroxylation sites is 3. The van der Waals surface area contributed by atoms with Crippen molar-refractivity contribution in [2.45, 2.75) is 10.9 Å². The third-order valence-electron chi connectivity index (χ3n) is 5.72. The van der Waals surface area contributed by atoms with Crippen LogP contribution in [0.3, 0.4) is 0 Å². The van der Waals surface area contributed by atoms with Gasteiger partial charge >= 0.3 is 0 Å². The molecular weight excluding hydrogens is 451 g/mol. The largest absolute Gasteiger partial charge is 0.495 e. The van der Waals surface area contributed by atoms with Gasteiger partial charge in [0.2, 0.25) is 0 Å². The van der Waals surface area contributed by atoms with Gasteiger partial charge in [-0.05, 0) is 54.4 Å². The molecule has 2 N–H and O–H groups in total. The number of hydrogen-bond donors (Lipinski definition) is 2. The van der Waals surface area contributed by atoms with Gasteiger partial charge in [-0.25, -0.2) is 4.39 Å². The highest BCUT2D eigenvalue weighted by Crippen LogP contribution is 2.30. The average molecular weight is 475 g/mol. The molecule has 0 aliphatic carbocycles. The first kappa shape index (κ1) is 22.0. The normalized spacial score (nSPS) is 13.4. The summed E-state index contributed by atoms with van der Waals surface area (Å²) in [5, 5.41) is 4.41. The molecule has 1 fully saturated rings. The Hall–Kier alpha value is -3.78. The smallest absolute Gasteiger partial charge is 0.254 e. The number of nitrogens with one attached hydrogen (secondary N) is 2. The molecule has 3 aromatic carbocycles. The minimum absolute atomic E-state index is 0.122. The van der Waals surface area contributed by atoms with Crippen LogP contribution in [0.4, 0.5) is 15.8 Å². The van der Waals surface area contributed by atoms with Gasteiger partial charge in [-0.3, -0.25) is 9.78 Å². The number of anilines is 2. The number of pyridine rings is 1.